The molecule has 0 saturated heterocycles. The van der Waals surface area contributed by atoms with Gasteiger partial charge in [0.25, 0.3) is 0 Å². The molecular weight excluding hydrogens is 438 g/mol. The Morgan fingerprint density at radius 3 is 2.52 bits per heavy atom. The van der Waals surface area contributed by atoms with Gasteiger partial charge in [-0.3, -0.25) is 9.69 Å². The Kier molecular flexibility index (Phi) is 5.83. The number of methoxy groups -OCH3 is 1. The number of hydrogen-bond acceptors (Lipinski definition) is 7. The smallest absolute Gasteiger partial charge is 0.363 e. The molecule has 1 aromatic heterocycles. The molecular formula is C22H16ClN3O4S. The molecule has 0 saturated carbocycles. The van der Waals surface area contributed by atoms with E-state index in [4.69, 9.17) is 21.1 Å². The first-order valence-corrected chi connectivity index (χ1v) is 10.4. The van der Waals surface area contributed by atoms with Gasteiger partial charge in [0, 0.05) is 22.9 Å². The molecule has 1 aliphatic rings. The van der Waals surface area contributed by atoms with Crippen LogP contribution in [0.25, 0.3) is 6.08 Å². The lowest BCUT2D eigenvalue weighted by Gasteiger charge is -2.18. The summed E-state index contributed by atoms with van der Waals surface area (Å²) in [6.07, 6.45) is 1.53. The molecule has 0 radical (unpaired) electrons. The molecule has 2 heterocycles. The van der Waals surface area contributed by atoms with Crippen molar-refractivity contribution in [3.8, 4) is 5.75 Å². The summed E-state index contributed by atoms with van der Waals surface area (Å²) >= 11 is 7.17. The first-order valence-electron chi connectivity index (χ1n) is 9.13. The summed E-state index contributed by atoms with van der Waals surface area (Å²) < 4.78 is 10.4. The third-order valence-corrected chi connectivity index (χ3v) is 5.44. The van der Waals surface area contributed by atoms with E-state index in [9.17, 15) is 9.59 Å². The van der Waals surface area contributed by atoms with Crippen molar-refractivity contribution >= 4 is 57.6 Å². The number of halogens is 1. The fraction of sp³-hybridized carbons (Fsp3) is 0.0909. The van der Waals surface area contributed by atoms with Gasteiger partial charge in [-0.05, 0) is 54.6 Å². The molecule has 0 unspecified atom stereocenters. The monoisotopic (exact) mass is 453 g/mol. The van der Waals surface area contributed by atoms with Crippen LogP contribution in [-0.4, -0.2) is 29.9 Å². The zero-order chi connectivity index (χ0) is 22.0. The summed E-state index contributed by atoms with van der Waals surface area (Å²) in [6.45, 7) is 1.46. The summed E-state index contributed by atoms with van der Waals surface area (Å²) in [5.74, 6) is 0.123. The first-order chi connectivity index (χ1) is 14.9. The molecule has 0 N–H and O–H groups in total. The van der Waals surface area contributed by atoms with Gasteiger partial charge in [-0.1, -0.05) is 11.6 Å². The van der Waals surface area contributed by atoms with Crippen LogP contribution in [0.15, 0.2) is 64.6 Å². The Morgan fingerprint density at radius 1 is 1.16 bits per heavy atom. The van der Waals surface area contributed by atoms with Crippen molar-refractivity contribution in [2.75, 3.05) is 12.0 Å². The highest BCUT2D eigenvalue weighted by Gasteiger charge is 2.25. The fourth-order valence-corrected chi connectivity index (χ4v) is 3.84. The maximum atomic E-state index is 12.3. The fourth-order valence-electron chi connectivity index (χ4n) is 2.87. The highest BCUT2D eigenvalue weighted by atomic mass is 35.5. The minimum absolute atomic E-state index is 0.126. The third-order valence-electron chi connectivity index (χ3n) is 4.34. The molecule has 0 spiro atoms. The number of benzene rings is 2. The summed E-state index contributed by atoms with van der Waals surface area (Å²) in [5.41, 5.74) is 1.92. The van der Waals surface area contributed by atoms with Crippen LogP contribution >= 0.6 is 22.9 Å². The number of carbonyl (C=O) groups is 2. The molecule has 9 heteroatoms. The number of ether oxygens (including phenoxy) is 2. The Morgan fingerprint density at radius 2 is 1.87 bits per heavy atom. The van der Waals surface area contributed by atoms with E-state index < -0.39 is 5.97 Å². The van der Waals surface area contributed by atoms with E-state index in [0.29, 0.717) is 32.8 Å². The molecule has 1 aliphatic heterocycles. The number of rotatable bonds is 5. The number of nitrogens with zero attached hydrogens (tertiary/aromatic N) is 3. The van der Waals surface area contributed by atoms with Crippen molar-refractivity contribution < 1.29 is 19.1 Å². The summed E-state index contributed by atoms with van der Waals surface area (Å²) in [6, 6.07) is 13.9. The van der Waals surface area contributed by atoms with E-state index >= 15 is 0 Å². The number of thiazole rings is 1. The van der Waals surface area contributed by atoms with Crippen LogP contribution in [0.2, 0.25) is 5.02 Å². The lowest BCUT2D eigenvalue weighted by atomic mass is 10.2. The number of anilines is 2. The summed E-state index contributed by atoms with van der Waals surface area (Å²) in [5, 5.41) is 2.79. The Hall–Kier alpha value is -3.49. The zero-order valence-electron chi connectivity index (χ0n) is 16.5. The molecule has 156 valence electrons. The van der Waals surface area contributed by atoms with Crippen LogP contribution in [-0.2, 0) is 14.3 Å². The van der Waals surface area contributed by atoms with E-state index in [1.54, 1.807) is 61.0 Å². The van der Waals surface area contributed by atoms with Crippen LogP contribution < -0.4 is 9.64 Å². The molecule has 0 atom stereocenters. The number of hydrogen-bond donors (Lipinski definition) is 0. The van der Waals surface area contributed by atoms with Gasteiger partial charge in [0.05, 0.1) is 18.5 Å². The maximum absolute atomic E-state index is 12.3. The predicted octanol–water partition coefficient (Wildman–Crippen LogP) is 4.83. The van der Waals surface area contributed by atoms with Crippen molar-refractivity contribution in [3.05, 3.63) is 75.9 Å². The van der Waals surface area contributed by atoms with Crippen LogP contribution in [0.5, 0.6) is 5.75 Å². The van der Waals surface area contributed by atoms with Crippen molar-refractivity contribution in [3.63, 3.8) is 0 Å². The second-order valence-corrected chi connectivity index (χ2v) is 7.72. The topological polar surface area (TPSA) is 81.1 Å². The van der Waals surface area contributed by atoms with Crippen LogP contribution in [0, 0.1) is 0 Å². The Balaban J connectivity index is 1.61. The second-order valence-electron chi connectivity index (χ2n) is 6.45. The zero-order valence-corrected chi connectivity index (χ0v) is 18.1. The minimum Gasteiger partial charge on any atom is -0.497 e. The lowest BCUT2D eigenvalue weighted by molar-refractivity contribution is -0.130. The van der Waals surface area contributed by atoms with Crippen molar-refractivity contribution in [2.45, 2.75) is 6.92 Å². The number of aromatic nitrogens is 1. The molecule has 7 nitrogen and oxygen atoms in total. The molecule has 4 rings (SSSR count). The van der Waals surface area contributed by atoms with E-state index in [-0.39, 0.29) is 17.5 Å². The van der Waals surface area contributed by atoms with Crippen molar-refractivity contribution in [2.24, 2.45) is 4.99 Å². The molecule has 3 aromatic rings. The molecule has 1 amide bonds. The van der Waals surface area contributed by atoms with Crippen LogP contribution in [0.1, 0.15) is 18.2 Å². The largest absolute Gasteiger partial charge is 0.497 e. The molecule has 2 aromatic carbocycles. The normalized spacial score (nSPS) is 14.4. The second kappa shape index (κ2) is 8.71. The summed E-state index contributed by atoms with van der Waals surface area (Å²) in [4.78, 5) is 34.7. The quantitative estimate of drug-likeness (QED) is 0.408. The number of amides is 1. The van der Waals surface area contributed by atoms with Gasteiger partial charge in [0.15, 0.2) is 10.8 Å². The van der Waals surface area contributed by atoms with Crippen LogP contribution in [0.3, 0.4) is 0 Å². The average Bonchev–Trinajstić information content (AvgIpc) is 3.36. The van der Waals surface area contributed by atoms with Gasteiger partial charge in [0.1, 0.15) is 5.75 Å². The predicted molar refractivity (Wildman–Crippen MR) is 120 cm³/mol. The SMILES string of the molecule is COc1ccc(N(C(C)=O)c2nc(/C=C3/N=C(c4ccc(Cl)cc4)OC3=O)cs2)cc1. The number of aliphatic imine (C=N–C) groups is 1. The van der Waals surface area contributed by atoms with Gasteiger partial charge in [-0.15, -0.1) is 11.3 Å². The maximum Gasteiger partial charge on any atom is 0.363 e. The molecule has 31 heavy (non-hydrogen) atoms. The van der Waals surface area contributed by atoms with Gasteiger partial charge >= 0.3 is 5.97 Å². The highest BCUT2D eigenvalue weighted by molar-refractivity contribution is 7.14. The Bertz CT molecular complexity index is 1200. The average molecular weight is 454 g/mol. The Labute approximate surface area is 187 Å². The van der Waals surface area contributed by atoms with Gasteiger partial charge in [-0.25, -0.2) is 14.8 Å². The van der Waals surface area contributed by atoms with Gasteiger partial charge in [0.2, 0.25) is 11.8 Å². The van der Waals surface area contributed by atoms with E-state index in [1.807, 2.05) is 0 Å². The molecule has 0 aliphatic carbocycles. The van der Waals surface area contributed by atoms with E-state index in [1.165, 1.54) is 29.2 Å². The van der Waals surface area contributed by atoms with Gasteiger partial charge in [-0.2, -0.15) is 0 Å². The van der Waals surface area contributed by atoms with Crippen LogP contribution in [0.4, 0.5) is 10.8 Å². The highest BCUT2D eigenvalue weighted by Crippen LogP contribution is 2.31. The van der Waals surface area contributed by atoms with E-state index in [0.717, 1.165) is 0 Å². The van der Waals surface area contributed by atoms with Gasteiger partial charge < -0.3 is 9.47 Å². The summed E-state index contributed by atoms with van der Waals surface area (Å²) in [7, 11) is 1.58. The van der Waals surface area contributed by atoms with Crippen molar-refractivity contribution in [1.29, 1.82) is 0 Å². The number of esters is 1. The lowest BCUT2D eigenvalue weighted by Crippen LogP contribution is -2.22. The molecule has 0 fully saturated rings. The third kappa shape index (κ3) is 4.50. The number of carbonyl (C=O) groups excluding carboxylic acids is 2. The molecule has 0 bridgehead atoms. The van der Waals surface area contributed by atoms with Crippen molar-refractivity contribution in [1.82, 2.24) is 4.98 Å². The first kappa shape index (κ1) is 20.8. The van der Waals surface area contributed by atoms with E-state index in [2.05, 4.69) is 9.98 Å². The minimum atomic E-state index is -0.571. The number of cyclic esters (lactones) is 1. The standard InChI is InChI=1S/C22H16ClN3O4S/c1-13(27)26(17-7-9-18(29-2)10-8-17)22-24-16(12-31-22)11-19-21(28)30-20(25-19)14-3-5-15(23)6-4-14/h3-12H,1-2H3/b19-11+.